The van der Waals surface area contributed by atoms with Crippen molar-refractivity contribution in [2.45, 2.75) is 51.4 Å². The van der Waals surface area contributed by atoms with Crippen LogP contribution in [0.15, 0.2) is 69.8 Å². The number of carbonyl (C=O) groups excluding carboxylic acids is 1. The molecule has 0 spiro atoms. The fraction of sp³-hybridized carbons (Fsp3) is 0.250. The van der Waals surface area contributed by atoms with Gasteiger partial charge in [-0.05, 0) is 54.2 Å². The number of phenolic OH excluding ortho intramolecular Hbond substituents is 1. The number of rotatable bonds is 1. The molecular formula is C36H32N6O5. The Hall–Kier alpha value is -5.55. The van der Waals surface area contributed by atoms with E-state index in [0.29, 0.717) is 35.0 Å². The first kappa shape index (κ1) is 27.7. The van der Waals surface area contributed by atoms with Crippen LogP contribution in [0.4, 0.5) is 5.69 Å². The largest absolute Gasteiger partial charge is 0.506 e. The molecule has 2 unspecified atom stereocenters. The van der Waals surface area contributed by atoms with Gasteiger partial charge in [0.2, 0.25) is 17.7 Å². The van der Waals surface area contributed by atoms with Gasteiger partial charge in [0.15, 0.2) is 17.7 Å². The molecule has 47 heavy (non-hydrogen) atoms. The lowest BCUT2D eigenvalue weighted by molar-refractivity contribution is -0.123. The predicted molar refractivity (Wildman–Crippen MR) is 175 cm³/mol. The molecule has 0 aliphatic carbocycles. The third-order valence-electron chi connectivity index (χ3n) is 9.60. The number of oxazole rings is 2. The van der Waals surface area contributed by atoms with Crippen LogP contribution in [0, 0.1) is 12.8 Å². The molecule has 6 heterocycles. The zero-order valence-electron chi connectivity index (χ0n) is 25.9. The van der Waals surface area contributed by atoms with Crippen LogP contribution < -0.4 is 21.1 Å². The van der Waals surface area contributed by atoms with Crippen LogP contribution in [-0.4, -0.2) is 38.2 Å². The summed E-state index contributed by atoms with van der Waals surface area (Å²) in [4.78, 5) is 26.0. The topological polar surface area (TPSA) is 164 Å². The fourth-order valence-electron chi connectivity index (χ4n) is 7.27. The number of H-pyrrole nitrogens is 1. The van der Waals surface area contributed by atoms with Gasteiger partial charge in [0, 0.05) is 34.0 Å². The van der Waals surface area contributed by atoms with E-state index < -0.39 is 12.1 Å². The lowest BCUT2D eigenvalue weighted by atomic mass is 9.88. The number of aromatic hydroxyl groups is 1. The van der Waals surface area contributed by atoms with Crippen molar-refractivity contribution in [3.8, 4) is 45.5 Å². The van der Waals surface area contributed by atoms with E-state index in [2.05, 4.69) is 38.8 Å². The Kier molecular flexibility index (Phi) is 5.89. The van der Waals surface area contributed by atoms with Crippen molar-refractivity contribution in [2.24, 2.45) is 11.7 Å². The van der Waals surface area contributed by atoms with Gasteiger partial charge in [-0.3, -0.25) is 4.79 Å². The summed E-state index contributed by atoms with van der Waals surface area (Å²) in [6, 6.07) is 14.6. The number of hydrogen-bond acceptors (Lipinski definition) is 9. The van der Waals surface area contributed by atoms with Gasteiger partial charge in [0.1, 0.15) is 23.3 Å². The lowest BCUT2D eigenvalue weighted by Gasteiger charge is -2.22. The van der Waals surface area contributed by atoms with Crippen molar-refractivity contribution in [2.75, 3.05) is 5.32 Å². The molecule has 0 saturated heterocycles. The molecule has 9 rings (SSSR count). The van der Waals surface area contributed by atoms with Crippen molar-refractivity contribution >= 4 is 22.5 Å². The molecule has 0 saturated carbocycles. The molecule has 3 aliphatic heterocycles. The highest BCUT2D eigenvalue weighted by molar-refractivity contribution is 6.09. The van der Waals surface area contributed by atoms with E-state index in [9.17, 15) is 9.90 Å². The Morgan fingerprint density at radius 3 is 2.74 bits per heavy atom. The molecule has 3 aromatic heterocycles. The normalized spacial score (nSPS) is 21.1. The van der Waals surface area contributed by atoms with Gasteiger partial charge in [0.05, 0.1) is 23.7 Å². The summed E-state index contributed by atoms with van der Waals surface area (Å²) < 4.78 is 18.8. The summed E-state index contributed by atoms with van der Waals surface area (Å²) >= 11 is 0. The van der Waals surface area contributed by atoms with Crippen LogP contribution in [0.5, 0.6) is 11.5 Å². The average Bonchev–Trinajstić information content (AvgIpc) is 3.87. The van der Waals surface area contributed by atoms with Gasteiger partial charge in [-0.15, -0.1) is 0 Å². The summed E-state index contributed by atoms with van der Waals surface area (Å²) in [7, 11) is 0. The van der Waals surface area contributed by atoms with Crippen LogP contribution in [0.3, 0.4) is 0 Å². The fourth-order valence-corrected chi connectivity index (χ4v) is 7.27. The van der Waals surface area contributed by atoms with Crippen molar-refractivity contribution in [3.05, 3.63) is 89.3 Å². The van der Waals surface area contributed by atoms with Gasteiger partial charge in [-0.2, -0.15) is 0 Å². The Balaban J connectivity index is 1.26. The Bertz CT molecular complexity index is 2250. The molecule has 4 atom stereocenters. The van der Waals surface area contributed by atoms with Crippen molar-refractivity contribution in [3.63, 3.8) is 0 Å². The number of fused-ring (bicyclic) bond motifs is 8. The first-order chi connectivity index (χ1) is 22.7. The number of phenols is 1. The highest BCUT2D eigenvalue weighted by Crippen LogP contribution is 2.53. The van der Waals surface area contributed by atoms with Crippen molar-refractivity contribution < 1.29 is 23.5 Å². The molecule has 3 aliphatic rings. The third kappa shape index (κ3) is 4.12. The quantitative estimate of drug-likeness (QED) is 0.144. The molecule has 236 valence electrons. The van der Waals surface area contributed by atoms with Crippen LogP contribution >= 0.6 is 0 Å². The minimum Gasteiger partial charge on any atom is -0.506 e. The smallest absolute Gasteiger partial charge is 0.249 e. The third-order valence-corrected chi connectivity index (χ3v) is 9.60. The lowest BCUT2D eigenvalue weighted by Crippen LogP contribution is -2.44. The molecule has 11 heteroatoms. The maximum Gasteiger partial charge on any atom is 0.249 e. The Morgan fingerprint density at radius 1 is 1.02 bits per heavy atom. The van der Waals surface area contributed by atoms with E-state index in [1.165, 1.54) is 0 Å². The average molecular weight is 629 g/mol. The first-order valence-electron chi connectivity index (χ1n) is 15.8. The van der Waals surface area contributed by atoms with E-state index in [0.717, 1.165) is 50.2 Å². The molecule has 11 nitrogen and oxygen atoms in total. The maximum atomic E-state index is 13.5. The van der Waals surface area contributed by atoms with Crippen LogP contribution in [-0.2, 0) is 11.2 Å². The maximum absolute atomic E-state index is 13.5. The summed E-state index contributed by atoms with van der Waals surface area (Å²) in [5, 5.41) is 18.4. The number of ether oxygens (including phenoxy) is 1. The number of aryl methyl sites for hydroxylation is 1. The summed E-state index contributed by atoms with van der Waals surface area (Å²) in [5.41, 5.74) is 14.2. The molecule has 3 aromatic carbocycles. The van der Waals surface area contributed by atoms with E-state index in [4.69, 9.17) is 24.3 Å². The van der Waals surface area contributed by atoms with Crippen molar-refractivity contribution in [1.82, 2.24) is 20.3 Å². The second kappa shape index (κ2) is 9.97. The number of anilines is 1. The van der Waals surface area contributed by atoms with Gasteiger partial charge in [-0.25, -0.2) is 9.97 Å². The number of nitrogens with two attached hydrogens (primary N) is 1. The predicted octanol–water partition coefficient (Wildman–Crippen LogP) is 6.13. The number of carbonyl (C=O) groups is 1. The molecule has 6 aromatic rings. The van der Waals surface area contributed by atoms with Gasteiger partial charge in [0.25, 0.3) is 0 Å². The number of amides is 1. The summed E-state index contributed by atoms with van der Waals surface area (Å²) in [6.45, 7) is 5.76. The highest BCUT2D eigenvalue weighted by Gasteiger charge is 2.43. The van der Waals surface area contributed by atoms with E-state index >= 15 is 0 Å². The minimum absolute atomic E-state index is 0.0378. The van der Waals surface area contributed by atoms with Crippen molar-refractivity contribution in [1.29, 1.82) is 0 Å². The Labute approximate surface area is 269 Å². The molecule has 1 amide bonds. The summed E-state index contributed by atoms with van der Waals surface area (Å²) in [6.07, 6.45) is 3.51. The Morgan fingerprint density at radius 2 is 1.89 bits per heavy atom. The second-order valence-electron chi connectivity index (χ2n) is 12.9. The second-order valence-corrected chi connectivity index (χ2v) is 12.9. The number of hydrogen-bond donors (Lipinski definition) is 5. The van der Waals surface area contributed by atoms with Crippen LogP contribution in [0.25, 0.3) is 44.9 Å². The standard InChI is InChI=1S/C36H32N6O5/c1-15(2)29-36-41-30(16(3)45-36)35-39-14-26(47-35)22-13-38-32-24(43)9-8-18(27(22)32)19-5-4-6-20-28-21-11-17(12-23(37)33(44)40-29)7-10-25(21)46-34(28)42-31(19)20/h4-11,13-15,23,28-29,34,38,42-43H,12,37H2,1-3H3,(H,40,44)/t23-,28?,29-,34?/m0/s1. The molecule has 6 N–H and O–H groups in total. The zero-order chi connectivity index (χ0) is 32.1. The monoisotopic (exact) mass is 628 g/mol. The highest BCUT2D eigenvalue weighted by atomic mass is 16.5. The number of aromatic nitrogens is 3. The molecule has 10 bridgehead atoms. The number of para-hydroxylation sites is 1. The number of nitrogens with one attached hydrogen (secondary N) is 3. The van der Waals surface area contributed by atoms with Gasteiger partial charge in [-0.1, -0.05) is 44.2 Å². The molecule has 0 fully saturated rings. The van der Waals surface area contributed by atoms with E-state index in [1.54, 1.807) is 19.2 Å². The zero-order valence-corrected chi connectivity index (χ0v) is 25.9. The number of benzene rings is 3. The van der Waals surface area contributed by atoms with E-state index in [-0.39, 0.29) is 35.6 Å². The van der Waals surface area contributed by atoms with Gasteiger partial charge < -0.3 is 40.0 Å². The first-order valence-corrected chi connectivity index (χ1v) is 15.8. The number of nitrogens with zero attached hydrogens (tertiary/aromatic N) is 2. The number of aromatic amines is 1. The van der Waals surface area contributed by atoms with Crippen LogP contribution in [0.2, 0.25) is 0 Å². The molecule has 0 radical (unpaired) electrons. The SMILES string of the molecule is Cc1oc2nc1-c1ncc(o1)-c1c[nH]c3c(O)ccc(c13)-c1cccc3c1NC1Oc4ccc(cc4C31)C[C@H](N)C(=O)N[C@H]2C(C)C. The van der Waals surface area contributed by atoms with E-state index in [1.807, 2.05) is 44.3 Å². The molecular weight excluding hydrogens is 596 g/mol. The minimum atomic E-state index is -0.793. The van der Waals surface area contributed by atoms with Gasteiger partial charge >= 0.3 is 0 Å². The van der Waals surface area contributed by atoms with Crippen LogP contribution in [0.1, 0.15) is 54.1 Å². The summed E-state index contributed by atoms with van der Waals surface area (Å²) in [5.74, 6) is 2.18.